The summed E-state index contributed by atoms with van der Waals surface area (Å²) in [4.78, 5) is 16.0. The fourth-order valence-corrected chi connectivity index (χ4v) is 2.63. The number of carbonyl (C=O) groups is 1. The molecule has 126 valence electrons. The lowest BCUT2D eigenvalue weighted by molar-refractivity contribution is 0.102. The first-order valence-corrected chi connectivity index (χ1v) is 8.38. The summed E-state index contributed by atoms with van der Waals surface area (Å²) in [5.74, 6) is -0.172. The van der Waals surface area contributed by atoms with Gasteiger partial charge >= 0.3 is 0 Å². The zero-order valence-electron chi connectivity index (χ0n) is 13.6. The van der Waals surface area contributed by atoms with E-state index in [0.717, 1.165) is 29.4 Å². The summed E-state index contributed by atoms with van der Waals surface area (Å²) in [6, 6.07) is 19.0. The van der Waals surface area contributed by atoms with Gasteiger partial charge < -0.3 is 10.6 Å². The van der Waals surface area contributed by atoms with Crippen LogP contribution in [0.2, 0.25) is 5.02 Å². The maximum absolute atomic E-state index is 12.1. The monoisotopic (exact) mass is 351 g/mol. The van der Waals surface area contributed by atoms with E-state index >= 15 is 0 Å². The van der Waals surface area contributed by atoms with Crippen LogP contribution in [0.5, 0.6) is 0 Å². The predicted molar refractivity (Wildman–Crippen MR) is 102 cm³/mol. The molecule has 1 aromatic heterocycles. The van der Waals surface area contributed by atoms with Crippen LogP contribution in [0.15, 0.2) is 73.1 Å². The molecular formula is C20H18ClN3O. The van der Waals surface area contributed by atoms with Crippen LogP contribution in [0.25, 0.3) is 0 Å². The Morgan fingerprint density at radius 3 is 2.52 bits per heavy atom. The van der Waals surface area contributed by atoms with E-state index in [0.29, 0.717) is 5.56 Å². The van der Waals surface area contributed by atoms with Gasteiger partial charge in [0, 0.05) is 35.3 Å². The van der Waals surface area contributed by atoms with Crippen molar-refractivity contribution in [1.29, 1.82) is 0 Å². The smallest absolute Gasteiger partial charge is 0.257 e. The van der Waals surface area contributed by atoms with E-state index < -0.39 is 0 Å². The fourth-order valence-electron chi connectivity index (χ4n) is 2.42. The second-order valence-corrected chi connectivity index (χ2v) is 6.02. The highest BCUT2D eigenvalue weighted by Crippen LogP contribution is 2.15. The topological polar surface area (TPSA) is 54.0 Å². The molecule has 0 aliphatic rings. The SMILES string of the molecule is O=C(Nc1ccc(NCCc2cccc(Cl)c2)cc1)c1cccnc1. The van der Waals surface area contributed by atoms with Crippen LogP contribution < -0.4 is 10.6 Å². The molecule has 0 radical (unpaired) electrons. The average molecular weight is 352 g/mol. The van der Waals surface area contributed by atoms with E-state index in [2.05, 4.69) is 21.7 Å². The molecule has 0 bridgehead atoms. The first kappa shape index (κ1) is 17.0. The second kappa shape index (κ2) is 8.31. The Morgan fingerprint density at radius 2 is 1.80 bits per heavy atom. The number of carbonyl (C=O) groups excluding carboxylic acids is 1. The zero-order chi connectivity index (χ0) is 17.5. The fraction of sp³-hybridized carbons (Fsp3) is 0.100. The van der Waals surface area contributed by atoms with Gasteiger partial charge in [-0.3, -0.25) is 9.78 Å². The van der Waals surface area contributed by atoms with Gasteiger partial charge in [0.15, 0.2) is 0 Å². The number of halogens is 1. The molecule has 1 heterocycles. The van der Waals surface area contributed by atoms with Gasteiger partial charge in [-0.15, -0.1) is 0 Å². The van der Waals surface area contributed by atoms with E-state index in [9.17, 15) is 4.79 Å². The number of amides is 1. The minimum Gasteiger partial charge on any atom is -0.385 e. The van der Waals surface area contributed by atoms with Crippen LogP contribution in [0.3, 0.4) is 0 Å². The Labute approximate surface area is 151 Å². The Morgan fingerprint density at radius 1 is 1.00 bits per heavy atom. The van der Waals surface area contributed by atoms with E-state index in [1.165, 1.54) is 5.56 Å². The molecule has 3 aromatic rings. The molecule has 0 aliphatic heterocycles. The summed E-state index contributed by atoms with van der Waals surface area (Å²) in [6.07, 6.45) is 4.07. The third-order valence-electron chi connectivity index (χ3n) is 3.70. The third kappa shape index (κ3) is 5.06. The van der Waals surface area contributed by atoms with Crippen molar-refractivity contribution in [3.8, 4) is 0 Å². The van der Waals surface area contributed by atoms with Crippen LogP contribution in [-0.2, 0) is 6.42 Å². The molecule has 0 spiro atoms. The van der Waals surface area contributed by atoms with E-state index in [1.54, 1.807) is 24.5 Å². The first-order valence-electron chi connectivity index (χ1n) is 8.00. The van der Waals surface area contributed by atoms with Crippen molar-refractivity contribution in [2.24, 2.45) is 0 Å². The molecule has 2 N–H and O–H groups in total. The van der Waals surface area contributed by atoms with Gasteiger partial charge in [-0.2, -0.15) is 0 Å². The van der Waals surface area contributed by atoms with Crippen molar-refractivity contribution in [2.75, 3.05) is 17.2 Å². The second-order valence-electron chi connectivity index (χ2n) is 5.58. The minimum absolute atomic E-state index is 0.172. The van der Waals surface area contributed by atoms with Crippen molar-refractivity contribution in [1.82, 2.24) is 4.98 Å². The number of hydrogen-bond acceptors (Lipinski definition) is 3. The largest absolute Gasteiger partial charge is 0.385 e. The number of aromatic nitrogens is 1. The van der Waals surface area contributed by atoms with Crippen molar-refractivity contribution in [2.45, 2.75) is 6.42 Å². The van der Waals surface area contributed by atoms with Crippen LogP contribution in [0.1, 0.15) is 15.9 Å². The van der Waals surface area contributed by atoms with Crippen molar-refractivity contribution in [3.63, 3.8) is 0 Å². The highest BCUT2D eigenvalue weighted by atomic mass is 35.5. The van der Waals surface area contributed by atoms with Crippen LogP contribution in [0.4, 0.5) is 11.4 Å². The molecule has 25 heavy (non-hydrogen) atoms. The van der Waals surface area contributed by atoms with E-state index in [1.807, 2.05) is 42.5 Å². The minimum atomic E-state index is -0.172. The number of benzene rings is 2. The average Bonchev–Trinajstić information content (AvgIpc) is 2.64. The summed E-state index contributed by atoms with van der Waals surface area (Å²) in [6.45, 7) is 0.807. The van der Waals surface area contributed by atoms with E-state index in [4.69, 9.17) is 11.6 Å². The molecule has 0 saturated carbocycles. The molecule has 5 heteroatoms. The van der Waals surface area contributed by atoms with Gasteiger partial charge in [0.2, 0.25) is 0 Å². The maximum Gasteiger partial charge on any atom is 0.257 e. The van der Waals surface area contributed by atoms with Gasteiger partial charge in [0.05, 0.1) is 5.56 Å². The van der Waals surface area contributed by atoms with Gasteiger partial charge in [0.1, 0.15) is 0 Å². The lowest BCUT2D eigenvalue weighted by atomic mass is 10.1. The van der Waals surface area contributed by atoms with Gasteiger partial charge in [-0.05, 0) is 60.5 Å². The Kier molecular flexibility index (Phi) is 5.65. The normalized spacial score (nSPS) is 10.3. The number of anilines is 2. The molecule has 4 nitrogen and oxygen atoms in total. The highest BCUT2D eigenvalue weighted by Gasteiger charge is 2.05. The van der Waals surface area contributed by atoms with E-state index in [-0.39, 0.29) is 5.91 Å². The lowest BCUT2D eigenvalue weighted by Gasteiger charge is -2.09. The van der Waals surface area contributed by atoms with Crippen LogP contribution in [-0.4, -0.2) is 17.4 Å². The quantitative estimate of drug-likeness (QED) is 0.680. The predicted octanol–water partition coefficient (Wildman–Crippen LogP) is 4.64. The lowest BCUT2D eigenvalue weighted by Crippen LogP contribution is -2.12. The summed E-state index contributed by atoms with van der Waals surface area (Å²) in [5, 5.41) is 6.97. The molecule has 0 aliphatic carbocycles. The van der Waals surface area contributed by atoms with Crippen molar-refractivity contribution < 1.29 is 4.79 Å². The molecule has 2 aromatic carbocycles. The summed E-state index contributed by atoms with van der Waals surface area (Å²) >= 11 is 5.99. The number of hydrogen-bond donors (Lipinski definition) is 2. The van der Waals surface area contributed by atoms with Gasteiger partial charge in [0.25, 0.3) is 5.91 Å². The molecule has 1 amide bonds. The third-order valence-corrected chi connectivity index (χ3v) is 3.93. The first-order chi connectivity index (χ1) is 12.2. The number of nitrogens with one attached hydrogen (secondary N) is 2. The van der Waals surface area contributed by atoms with Crippen molar-refractivity contribution in [3.05, 3.63) is 89.2 Å². The Hall–Kier alpha value is -2.85. The number of nitrogens with zero attached hydrogens (tertiary/aromatic N) is 1. The molecule has 0 saturated heterocycles. The molecular weight excluding hydrogens is 334 g/mol. The van der Waals surface area contributed by atoms with Crippen molar-refractivity contribution >= 4 is 28.9 Å². The highest BCUT2D eigenvalue weighted by molar-refractivity contribution is 6.30. The maximum atomic E-state index is 12.1. The van der Waals surface area contributed by atoms with Gasteiger partial charge in [-0.1, -0.05) is 23.7 Å². The Balaban J connectivity index is 1.51. The van der Waals surface area contributed by atoms with Crippen LogP contribution >= 0.6 is 11.6 Å². The molecule has 0 unspecified atom stereocenters. The molecule has 0 atom stereocenters. The number of rotatable bonds is 6. The summed E-state index contributed by atoms with van der Waals surface area (Å²) < 4.78 is 0. The zero-order valence-corrected chi connectivity index (χ0v) is 14.3. The summed E-state index contributed by atoms with van der Waals surface area (Å²) in [7, 11) is 0. The number of pyridine rings is 1. The summed E-state index contributed by atoms with van der Waals surface area (Å²) in [5.41, 5.74) is 3.47. The van der Waals surface area contributed by atoms with Gasteiger partial charge in [-0.25, -0.2) is 0 Å². The van der Waals surface area contributed by atoms with Crippen LogP contribution in [0, 0.1) is 0 Å². The standard InChI is InChI=1S/C20H18ClN3O/c21-17-5-1-3-15(13-17)10-12-23-18-6-8-19(9-7-18)24-20(25)16-4-2-11-22-14-16/h1-9,11,13-14,23H,10,12H2,(H,24,25). The Bertz CT molecular complexity index is 835. The molecule has 0 fully saturated rings. The molecule has 3 rings (SSSR count).